The van der Waals surface area contributed by atoms with Gasteiger partial charge >= 0.3 is 0 Å². The predicted octanol–water partition coefficient (Wildman–Crippen LogP) is 3.46. The Morgan fingerprint density at radius 3 is 2.68 bits per heavy atom. The van der Waals surface area contributed by atoms with E-state index in [9.17, 15) is 0 Å². The van der Waals surface area contributed by atoms with Gasteiger partial charge in [0.1, 0.15) is 0 Å². The molecule has 1 heterocycles. The lowest BCUT2D eigenvalue weighted by Crippen LogP contribution is -2.23. The van der Waals surface area contributed by atoms with Crippen molar-refractivity contribution in [1.82, 2.24) is 9.78 Å². The van der Waals surface area contributed by atoms with E-state index in [2.05, 4.69) is 41.4 Å². The lowest BCUT2D eigenvalue weighted by Gasteiger charge is -2.08. The maximum atomic E-state index is 5.97. The molecule has 3 aromatic rings. The van der Waals surface area contributed by atoms with Gasteiger partial charge < -0.3 is 11.1 Å². The number of para-hydroxylation sites is 1. The molecule has 0 aliphatic carbocycles. The molecule has 25 heavy (non-hydrogen) atoms. The van der Waals surface area contributed by atoms with Crippen LogP contribution >= 0.6 is 0 Å². The number of hydrogen-bond donors (Lipinski definition) is 2. The topological polar surface area (TPSA) is 68.2 Å². The highest BCUT2D eigenvalue weighted by Crippen LogP contribution is 2.13. The maximum absolute atomic E-state index is 5.97. The first kappa shape index (κ1) is 16.8. The second-order valence-electron chi connectivity index (χ2n) is 6.07. The van der Waals surface area contributed by atoms with Crippen molar-refractivity contribution in [3.8, 4) is 5.69 Å². The van der Waals surface area contributed by atoms with Crippen LogP contribution in [0.25, 0.3) is 5.69 Å². The average molecular weight is 333 g/mol. The SMILES string of the molecule is Cc1ccc(NC(N)=NCCc2cnn(-c3ccccc3)c2)cc1C. The van der Waals surface area contributed by atoms with Crippen molar-refractivity contribution < 1.29 is 0 Å². The predicted molar refractivity (Wildman–Crippen MR) is 103 cm³/mol. The van der Waals surface area contributed by atoms with Crippen LogP contribution in [0.2, 0.25) is 0 Å². The van der Waals surface area contributed by atoms with E-state index in [0.717, 1.165) is 23.4 Å². The first-order chi connectivity index (χ1) is 12.1. The van der Waals surface area contributed by atoms with E-state index in [1.165, 1.54) is 11.1 Å². The van der Waals surface area contributed by atoms with Gasteiger partial charge in [-0.2, -0.15) is 5.10 Å². The van der Waals surface area contributed by atoms with Gasteiger partial charge in [0.05, 0.1) is 11.9 Å². The van der Waals surface area contributed by atoms with E-state index in [4.69, 9.17) is 5.73 Å². The highest BCUT2D eigenvalue weighted by molar-refractivity contribution is 5.92. The summed E-state index contributed by atoms with van der Waals surface area (Å²) in [5.74, 6) is 0.429. The molecule has 5 heteroatoms. The maximum Gasteiger partial charge on any atom is 0.193 e. The molecule has 1 aromatic heterocycles. The summed E-state index contributed by atoms with van der Waals surface area (Å²) in [6.45, 7) is 4.79. The molecule has 128 valence electrons. The molecular weight excluding hydrogens is 310 g/mol. The standard InChI is InChI=1S/C20H23N5/c1-15-8-9-18(12-16(15)2)24-20(21)22-11-10-17-13-23-25(14-17)19-6-4-3-5-7-19/h3-9,12-14H,10-11H2,1-2H3,(H3,21,22,24). The molecule has 0 saturated heterocycles. The first-order valence-electron chi connectivity index (χ1n) is 8.35. The number of anilines is 1. The summed E-state index contributed by atoms with van der Waals surface area (Å²) in [4.78, 5) is 4.40. The van der Waals surface area contributed by atoms with Crippen LogP contribution in [0.1, 0.15) is 16.7 Å². The molecule has 3 N–H and O–H groups in total. The zero-order chi connectivity index (χ0) is 17.6. The van der Waals surface area contributed by atoms with Gasteiger partial charge in [-0.25, -0.2) is 4.68 Å². The number of rotatable bonds is 5. The minimum Gasteiger partial charge on any atom is -0.370 e. The molecule has 0 aliphatic rings. The molecule has 0 spiro atoms. The smallest absolute Gasteiger partial charge is 0.193 e. The zero-order valence-corrected chi connectivity index (χ0v) is 14.6. The van der Waals surface area contributed by atoms with Crippen molar-refractivity contribution in [2.24, 2.45) is 10.7 Å². The summed E-state index contributed by atoms with van der Waals surface area (Å²) in [6.07, 6.45) is 4.69. The number of guanidine groups is 1. The van der Waals surface area contributed by atoms with Crippen molar-refractivity contribution in [3.05, 3.63) is 77.6 Å². The number of hydrogen-bond acceptors (Lipinski definition) is 2. The van der Waals surface area contributed by atoms with Crippen LogP contribution in [0.4, 0.5) is 5.69 Å². The van der Waals surface area contributed by atoms with Gasteiger partial charge in [-0.3, -0.25) is 4.99 Å². The van der Waals surface area contributed by atoms with Crippen molar-refractivity contribution in [1.29, 1.82) is 0 Å². The fourth-order valence-electron chi connectivity index (χ4n) is 2.52. The third kappa shape index (κ3) is 4.47. The summed E-state index contributed by atoms with van der Waals surface area (Å²) in [5.41, 5.74) is 11.6. The van der Waals surface area contributed by atoms with Gasteiger partial charge in [-0.05, 0) is 61.2 Å². The zero-order valence-electron chi connectivity index (χ0n) is 14.6. The van der Waals surface area contributed by atoms with Crippen molar-refractivity contribution in [2.45, 2.75) is 20.3 Å². The molecule has 0 fully saturated rings. The second-order valence-corrected chi connectivity index (χ2v) is 6.07. The van der Waals surface area contributed by atoms with Crippen LogP contribution in [-0.2, 0) is 6.42 Å². The Kier molecular flexibility index (Phi) is 5.14. The number of nitrogens with one attached hydrogen (secondary N) is 1. The van der Waals surface area contributed by atoms with Crippen LogP contribution in [0, 0.1) is 13.8 Å². The summed E-state index contributed by atoms with van der Waals surface area (Å²) in [5, 5.41) is 7.53. The number of aryl methyl sites for hydroxylation is 2. The molecule has 0 atom stereocenters. The van der Waals surface area contributed by atoms with E-state index < -0.39 is 0 Å². The Morgan fingerprint density at radius 2 is 1.92 bits per heavy atom. The number of aliphatic imine (C=N–C) groups is 1. The average Bonchev–Trinajstić information content (AvgIpc) is 3.08. The van der Waals surface area contributed by atoms with Crippen molar-refractivity contribution in [3.63, 3.8) is 0 Å². The summed E-state index contributed by atoms with van der Waals surface area (Å²) in [6, 6.07) is 16.2. The van der Waals surface area contributed by atoms with E-state index in [0.29, 0.717) is 12.5 Å². The Labute approximate surface area is 148 Å². The lowest BCUT2D eigenvalue weighted by atomic mass is 10.1. The van der Waals surface area contributed by atoms with E-state index >= 15 is 0 Å². The second kappa shape index (κ2) is 7.66. The van der Waals surface area contributed by atoms with Crippen LogP contribution < -0.4 is 11.1 Å². The lowest BCUT2D eigenvalue weighted by molar-refractivity contribution is 0.879. The van der Waals surface area contributed by atoms with E-state index in [-0.39, 0.29) is 0 Å². The van der Waals surface area contributed by atoms with Gasteiger partial charge in [-0.1, -0.05) is 24.3 Å². The van der Waals surface area contributed by atoms with Crippen LogP contribution in [0.3, 0.4) is 0 Å². The quantitative estimate of drug-likeness (QED) is 0.555. The molecule has 0 aliphatic heterocycles. The third-order valence-corrected chi connectivity index (χ3v) is 4.12. The number of aromatic nitrogens is 2. The Balaban J connectivity index is 1.55. The fraction of sp³-hybridized carbons (Fsp3) is 0.200. The molecular formula is C20H23N5. The highest BCUT2D eigenvalue weighted by Gasteiger charge is 2.01. The summed E-state index contributed by atoms with van der Waals surface area (Å²) < 4.78 is 1.87. The number of benzene rings is 2. The number of nitrogens with zero attached hydrogens (tertiary/aromatic N) is 3. The van der Waals surface area contributed by atoms with Gasteiger partial charge in [-0.15, -0.1) is 0 Å². The van der Waals surface area contributed by atoms with E-state index in [1.807, 2.05) is 53.5 Å². The minimum atomic E-state index is 0.429. The monoisotopic (exact) mass is 333 g/mol. The molecule has 0 unspecified atom stereocenters. The van der Waals surface area contributed by atoms with Crippen molar-refractivity contribution >= 4 is 11.6 Å². The molecule has 0 bridgehead atoms. The van der Waals surface area contributed by atoms with Gasteiger partial charge in [0.15, 0.2) is 5.96 Å². The highest BCUT2D eigenvalue weighted by atomic mass is 15.3. The number of nitrogens with two attached hydrogens (primary N) is 1. The molecule has 3 rings (SSSR count). The van der Waals surface area contributed by atoms with Crippen molar-refractivity contribution in [2.75, 3.05) is 11.9 Å². The normalized spacial score (nSPS) is 11.5. The molecule has 0 saturated carbocycles. The fourth-order valence-corrected chi connectivity index (χ4v) is 2.52. The largest absolute Gasteiger partial charge is 0.370 e. The van der Waals surface area contributed by atoms with E-state index in [1.54, 1.807) is 0 Å². The van der Waals surface area contributed by atoms with Crippen LogP contribution in [0.5, 0.6) is 0 Å². The van der Waals surface area contributed by atoms with Crippen LogP contribution in [0.15, 0.2) is 65.9 Å². The summed E-state index contributed by atoms with van der Waals surface area (Å²) in [7, 11) is 0. The Hall–Kier alpha value is -3.08. The van der Waals surface area contributed by atoms with Gasteiger partial charge in [0.2, 0.25) is 0 Å². The Bertz CT molecular complexity index is 865. The van der Waals surface area contributed by atoms with Crippen LogP contribution in [-0.4, -0.2) is 22.3 Å². The molecule has 0 amide bonds. The first-order valence-corrected chi connectivity index (χ1v) is 8.35. The molecule has 5 nitrogen and oxygen atoms in total. The Morgan fingerprint density at radius 1 is 1.12 bits per heavy atom. The molecule has 2 aromatic carbocycles. The third-order valence-electron chi connectivity index (χ3n) is 4.12. The minimum absolute atomic E-state index is 0.429. The summed E-state index contributed by atoms with van der Waals surface area (Å²) >= 11 is 0. The van der Waals surface area contributed by atoms with Gasteiger partial charge in [0.25, 0.3) is 0 Å². The van der Waals surface area contributed by atoms with Gasteiger partial charge in [0, 0.05) is 18.4 Å². The molecule has 0 radical (unpaired) electrons.